The summed E-state index contributed by atoms with van der Waals surface area (Å²) in [5, 5.41) is 10.6. The van der Waals surface area contributed by atoms with Gasteiger partial charge in [-0.15, -0.1) is 0 Å². The molecule has 0 atom stereocenters. The fourth-order valence-electron chi connectivity index (χ4n) is 4.49. The van der Waals surface area contributed by atoms with E-state index in [2.05, 4.69) is 37.9 Å². The molecule has 0 aliphatic carbocycles. The molecule has 8 nitrogen and oxygen atoms in total. The lowest BCUT2D eigenvalue weighted by molar-refractivity contribution is -0.111. The van der Waals surface area contributed by atoms with Crippen molar-refractivity contribution in [3.63, 3.8) is 0 Å². The molecule has 37 heavy (non-hydrogen) atoms. The van der Waals surface area contributed by atoms with Crippen LogP contribution in [-0.4, -0.2) is 51.9 Å². The fourth-order valence-corrected chi connectivity index (χ4v) is 4.49. The van der Waals surface area contributed by atoms with Gasteiger partial charge in [-0.05, 0) is 75.8 Å². The number of likely N-dealkylation sites (tertiary alicyclic amines) is 1. The number of hydrogen-bond acceptors (Lipinski definition) is 7. The molecule has 0 radical (unpaired) electrons. The Morgan fingerprint density at radius 1 is 1.00 bits per heavy atom. The normalized spacial score (nSPS) is 14.6. The number of allylic oxidation sites excluding steroid dienone is 1. The zero-order valence-corrected chi connectivity index (χ0v) is 21.1. The Bertz CT molecular complexity index is 1410. The molecular formula is C29H31N7O. The molecule has 3 heterocycles. The summed E-state index contributed by atoms with van der Waals surface area (Å²) < 4.78 is 0. The lowest BCUT2D eigenvalue weighted by Crippen LogP contribution is -2.36. The van der Waals surface area contributed by atoms with Gasteiger partial charge in [-0.25, -0.2) is 15.0 Å². The van der Waals surface area contributed by atoms with Crippen LogP contribution in [0, 0.1) is 0 Å². The minimum Gasteiger partial charge on any atom is -0.367 e. The number of nitrogens with one attached hydrogen (secondary N) is 3. The van der Waals surface area contributed by atoms with Gasteiger partial charge in [0.1, 0.15) is 5.82 Å². The van der Waals surface area contributed by atoms with E-state index in [0.717, 1.165) is 65.2 Å². The Morgan fingerprint density at radius 2 is 1.84 bits per heavy atom. The zero-order valence-electron chi connectivity index (χ0n) is 21.1. The second kappa shape index (κ2) is 11.2. The summed E-state index contributed by atoms with van der Waals surface area (Å²) in [4.78, 5) is 28.2. The summed E-state index contributed by atoms with van der Waals surface area (Å²) >= 11 is 0. The van der Waals surface area contributed by atoms with E-state index in [0.29, 0.717) is 12.0 Å². The Balaban J connectivity index is 1.34. The standard InChI is InChI=1S/C29H31N7O/c1-3-6-27(37)33-23-9-4-7-20(17-23)25-10-5-8-21-18-31-29(35-28(21)25)34-24-11-12-26(30-19-24)32-22-13-15-36(2)16-14-22/h3-12,17-19,22H,13-16H2,1-2H3,(H,30,32)(H,33,37)(H,31,34,35). The van der Waals surface area contributed by atoms with Gasteiger partial charge >= 0.3 is 0 Å². The predicted octanol–water partition coefficient (Wildman–Crippen LogP) is 5.46. The third kappa shape index (κ3) is 6.10. The molecule has 5 rings (SSSR count). The Labute approximate surface area is 216 Å². The number of amides is 1. The average molecular weight is 494 g/mol. The van der Waals surface area contributed by atoms with Gasteiger partial charge in [0, 0.05) is 28.9 Å². The second-order valence-electron chi connectivity index (χ2n) is 9.29. The van der Waals surface area contributed by atoms with Crippen LogP contribution < -0.4 is 16.0 Å². The van der Waals surface area contributed by atoms with E-state index in [1.807, 2.05) is 67.7 Å². The molecule has 1 amide bonds. The first-order valence-electron chi connectivity index (χ1n) is 12.6. The van der Waals surface area contributed by atoms with Gasteiger partial charge in [-0.2, -0.15) is 0 Å². The topological polar surface area (TPSA) is 95.1 Å². The van der Waals surface area contributed by atoms with Crippen LogP contribution in [0.2, 0.25) is 0 Å². The number of aromatic nitrogens is 3. The van der Waals surface area contributed by atoms with Crippen LogP contribution in [0.1, 0.15) is 19.8 Å². The van der Waals surface area contributed by atoms with Crippen LogP contribution in [0.3, 0.4) is 0 Å². The number of carbonyl (C=O) groups excluding carboxylic acids is 1. The van der Waals surface area contributed by atoms with Gasteiger partial charge in [-0.1, -0.05) is 36.4 Å². The van der Waals surface area contributed by atoms with Gasteiger partial charge in [-0.3, -0.25) is 4.79 Å². The zero-order chi connectivity index (χ0) is 25.6. The SMILES string of the molecule is CC=CC(=O)Nc1cccc(-c2cccc3cnc(Nc4ccc(NC5CCN(C)CC5)nc4)nc23)c1. The molecule has 188 valence electrons. The van der Waals surface area contributed by atoms with E-state index >= 15 is 0 Å². The third-order valence-electron chi connectivity index (χ3n) is 6.46. The number of hydrogen-bond donors (Lipinski definition) is 3. The summed E-state index contributed by atoms with van der Waals surface area (Å²) in [7, 11) is 2.16. The highest BCUT2D eigenvalue weighted by molar-refractivity contribution is 6.00. The highest BCUT2D eigenvalue weighted by atomic mass is 16.1. The van der Waals surface area contributed by atoms with Gasteiger partial charge in [0.2, 0.25) is 11.9 Å². The number of anilines is 4. The van der Waals surface area contributed by atoms with Crippen molar-refractivity contribution in [1.82, 2.24) is 19.9 Å². The van der Waals surface area contributed by atoms with E-state index in [-0.39, 0.29) is 5.91 Å². The van der Waals surface area contributed by atoms with Gasteiger partial charge < -0.3 is 20.9 Å². The maximum Gasteiger partial charge on any atom is 0.248 e. The van der Waals surface area contributed by atoms with Crippen LogP contribution in [0.5, 0.6) is 0 Å². The molecule has 2 aromatic carbocycles. The number of nitrogens with zero attached hydrogens (tertiary/aromatic N) is 4. The minimum absolute atomic E-state index is 0.160. The second-order valence-corrected chi connectivity index (χ2v) is 9.29. The van der Waals surface area contributed by atoms with Crippen molar-refractivity contribution in [2.75, 3.05) is 36.1 Å². The molecule has 3 N–H and O–H groups in total. The first-order chi connectivity index (χ1) is 18.1. The molecule has 1 aliphatic heterocycles. The molecule has 2 aromatic heterocycles. The molecule has 1 aliphatic rings. The van der Waals surface area contributed by atoms with Crippen LogP contribution in [-0.2, 0) is 4.79 Å². The van der Waals surface area contributed by atoms with Crippen molar-refractivity contribution in [2.24, 2.45) is 0 Å². The first kappa shape index (κ1) is 24.4. The van der Waals surface area contributed by atoms with Crippen molar-refractivity contribution in [2.45, 2.75) is 25.8 Å². The maximum absolute atomic E-state index is 12.0. The number of para-hydroxylation sites is 1. The molecule has 0 saturated carbocycles. The molecule has 0 bridgehead atoms. The van der Waals surface area contributed by atoms with Crippen LogP contribution >= 0.6 is 0 Å². The summed E-state index contributed by atoms with van der Waals surface area (Å²) in [5.74, 6) is 1.21. The Kier molecular flexibility index (Phi) is 7.37. The third-order valence-corrected chi connectivity index (χ3v) is 6.46. The molecule has 1 fully saturated rings. The molecule has 1 saturated heterocycles. The minimum atomic E-state index is -0.160. The van der Waals surface area contributed by atoms with Crippen molar-refractivity contribution in [1.29, 1.82) is 0 Å². The molecular weight excluding hydrogens is 462 g/mol. The molecule has 0 unspecified atom stereocenters. The Morgan fingerprint density at radius 3 is 2.62 bits per heavy atom. The maximum atomic E-state index is 12.0. The lowest BCUT2D eigenvalue weighted by Gasteiger charge is -2.29. The monoisotopic (exact) mass is 493 g/mol. The summed E-state index contributed by atoms with van der Waals surface area (Å²) in [6.07, 6.45) is 9.07. The lowest BCUT2D eigenvalue weighted by atomic mass is 10.0. The number of piperidine rings is 1. The van der Waals surface area contributed by atoms with E-state index < -0.39 is 0 Å². The summed E-state index contributed by atoms with van der Waals surface area (Å²) in [6, 6.07) is 18.2. The average Bonchev–Trinajstić information content (AvgIpc) is 2.91. The molecule has 4 aromatic rings. The number of rotatable bonds is 7. The van der Waals surface area contributed by atoms with Gasteiger partial charge in [0.15, 0.2) is 0 Å². The summed E-state index contributed by atoms with van der Waals surface area (Å²) in [6.45, 7) is 4.02. The quantitative estimate of drug-likeness (QED) is 0.294. The van der Waals surface area contributed by atoms with E-state index in [4.69, 9.17) is 4.98 Å². The highest BCUT2D eigenvalue weighted by Crippen LogP contribution is 2.30. The highest BCUT2D eigenvalue weighted by Gasteiger charge is 2.16. The van der Waals surface area contributed by atoms with E-state index in [9.17, 15) is 4.79 Å². The van der Waals surface area contributed by atoms with Crippen molar-refractivity contribution in [3.8, 4) is 11.1 Å². The summed E-state index contributed by atoms with van der Waals surface area (Å²) in [5.41, 5.74) is 4.29. The number of benzene rings is 2. The molecule has 0 spiro atoms. The molecule has 8 heteroatoms. The van der Waals surface area contributed by atoms with Crippen LogP contribution in [0.25, 0.3) is 22.0 Å². The van der Waals surface area contributed by atoms with E-state index in [1.165, 1.54) is 6.08 Å². The smallest absolute Gasteiger partial charge is 0.248 e. The van der Waals surface area contributed by atoms with Crippen molar-refractivity contribution < 1.29 is 4.79 Å². The number of fused-ring (bicyclic) bond motifs is 1. The van der Waals surface area contributed by atoms with Crippen LogP contribution in [0.4, 0.5) is 23.1 Å². The largest absolute Gasteiger partial charge is 0.367 e. The fraction of sp³-hybridized carbons (Fsp3) is 0.241. The van der Waals surface area contributed by atoms with Gasteiger partial charge in [0.25, 0.3) is 0 Å². The number of carbonyl (C=O) groups is 1. The van der Waals surface area contributed by atoms with Gasteiger partial charge in [0.05, 0.1) is 17.4 Å². The predicted molar refractivity (Wildman–Crippen MR) is 150 cm³/mol. The first-order valence-corrected chi connectivity index (χ1v) is 12.6. The Hall–Kier alpha value is -4.30. The number of pyridine rings is 1. The van der Waals surface area contributed by atoms with Crippen molar-refractivity contribution in [3.05, 3.63) is 79.1 Å². The van der Waals surface area contributed by atoms with Crippen molar-refractivity contribution >= 4 is 40.0 Å². The van der Waals surface area contributed by atoms with Crippen LogP contribution in [0.15, 0.2) is 79.1 Å². The van der Waals surface area contributed by atoms with E-state index in [1.54, 1.807) is 12.3 Å².